The van der Waals surface area contributed by atoms with Crippen LogP contribution in [0.4, 0.5) is 5.13 Å². The van der Waals surface area contributed by atoms with Crippen LogP contribution in [-0.2, 0) is 16.0 Å². The van der Waals surface area contributed by atoms with Gasteiger partial charge in [-0.15, -0.1) is 10.2 Å². The minimum Gasteiger partial charge on any atom is -0.378 e. The molecule has 3 rings (SSSR count). The number of aryl methyl sites for hydroxylation is 1. The van der Waals surface area contributed by atoms with Crippen LogP contribution in [0.3, 0.4) is 0 Å². The molecule has 0 bridgehead atoms. The van der Waals surface area contributed by atoms with Gasteiger partial charge in [-0.1, -0.05) is 72.0 Å². The summed E-state index contributed by atoms with van der Waals surface area (Å²) in [5, 5.41) is 50.1. The number of rotatable bonds is 11. The van der Waals surface area contributed by atoms with Gasteiger partial charge < -0.3 is 15.5 Å². The summed E-state index contributed by atoms with van der Waals surface area (Å²) in [5.74, 6) is 0.0828. The molecule has 1 heterocycles. The van der Waals surface area contributed by atoms with E-state index in [1.807, 2.05) is 0 Å². The molecule has 0 radical (unpaired) electrons. The number of benzene rings is 2. The first kappa shape index (κ1) is 28.5. The number of amides is 2. The van der Waals surface area contributed by atoms with E-state index in [0.29, 0.717) is 34.9 Å². The monoisotopic (exact) mass is 558 g/mol. The zero-order valence-electron chi connectivity index (χ0n) is 19.6. The predicted octanol–water partition coefficient (Wildman–Crippen LogP) is 3.37. The average molecular weight is 559 g/mol. The molecule has 194 valence electrons. The van der Waals surface area contributed by atoms with Crippen LogP contribution in [0.1, 0.15) is 34.8 Å². The van der Waals surface area contributed by atoms with Gasteiger partial charge in [0.25, 0.3) is 11.8 Å². The summed E-state index contributed by atoms with van der Waals surface area (Å²) in [5.41, 5.74) is 0.922. The quantitative estimate of drug-likeness (QED) is 0.118. The fourth-order valence-electron chi connectivity index (χ4n) is 2.96. The first-order valence-electron chi connectivity index (χ1n) is 11.1. The standard InChI is InChI=1S/C24H26N6O4S3/c25-17(36-23(26)27-21(33)19(31)15-7-3-1-4-8-15)11-13-35-14-12-18-29-30-24(37-18)28-22(34)20(32)16-9-5-2-6-10-16/h1-10,19-20,25,31-32H,11-14H2,(H2,26,27,33)(H,28,30,34)/t19-,20?/m1/s1. The summed E-state index contributed by atoms with van der Waals surface area (Å²) in [6.45, 7) is 0. The van der Waals surface area contributed by atoms with Crippen molar-refractivity contribution in [2.45, 2.75) is 25.0 Å². The summed E-state index contributed by atoms with van der Waals surface area (Å²) >= 11 is 3.68. The van der Waals surface area contributed by atoms with Crippen LogP contribution < -0.4 is 10.6 Å². The highest BCUT2D eigenvalue weighted by molar-refractivity contribution is 8.26. The minimum atomic E-state index is -1.38. The molecule has 3 aromatic rings. The van der Waals surface area contributed by atoms with Crippen LogP contribution >= 0.6 is 34.9 Å². The van der Waals surface area contributed by atoms with Crippen molar-refractivity contribution in [3.05, 3.63) is 76.8 Å². The molecule has 6 N–H and O–H groups in total. The van der Waals surface area contributed by atoms with E-state index in [1.54, 1.807) is 72.4 Å². The van der Waals surface area contributed by atoms with Crippen molar-refractivity contribution in [1.29, 1.82) is 10.8 Å². The summed E-state index contributed by atoms with van der Waals surface area (Å²) in [4.78, 5) is 24.3. The molecular weight excluding hydrogens is 533 g/mol. The first-order chi connectivity index (χ1) is 17.8. The lowest BCUT2D eigenvalue weighted by Crippen LogP contribution is -2.33. The highest BCUT2D eigenvalue weighted by Gasteiger charge is 2.20. The molecule has 1 unspecified atom stereocenters. The minimum absolute atomic E-state index is 0.212. The summed E-state index contributed by atoms with van der Waals surface area (Å²) < 4.78 is 0. The van der Waals surface area contributed by atoms with Gasteiger partial charge in [0.15, 0.2) is 17.4 Å². The topological polar surface area (TPSA) is 172 Å². The first-order valence-corrected chi connectivity index (χ1v) is 13.9. The Hall–Kier alpha value is -3.10. The van der Waals surface area contributed by atoms with Gasteiger partial charge in [0.05, 0.1) is 5.04 Å². The molecule has 0 saturated heterocycles. The van der Waals surface area contributed by atoms with Crippen molar-refractivity contribution < 1.29 is 19.8 Å². The molecule has 0 spiro atoms. The third-order valence-corrected chi connectivity index (χ3v) is 7.46. The number of carbonyl (C=O) groups is 2. The number of nitrogens with zero attached hydrogens (tertiary/aromatic N) is 2. The zero-order chi connectivity index (χ0) is 26.6. The number of carbonyl (C=O) groups excluding carboxylic acids is 2. The molecule has 2 aromatic carbocycles. The number of amidine groups is 1. The number of nitrogens with one attached hydrogen (secondary N) is 4. The Balaban J connectivity index is 1.30. The molecule has 2 amide bonds. The summed E-state index contributed by atoms with van der Waals surface area (Å²) in [6.07, 6.45) is -1.62. The van der Waals surface area contributed by atoms with Crippen LogP contribution in [0, 0.1) is 10.8 Å². The Kier molecular flexibility index (Phi) is 11.2. The van der Waals surface area contributed by atoms with Crippen molar-refractivity contribution >= 4 is 62.0 Å². The molecule has 0 aliphatic rings. The van der Waals surface area contributed by atoms with Crippen LogP contribution in [0.2, 0.25) is 0 Å². The second-order valence-electron chi connectivity index (χ2n) is 7.57. The van der Waals surface area contributed by atoms with E-state index in [9.17, 15) is 19.8 Å². The fourth-order valence-corrected chi connectivity index (χ4v) is 5.45. The molecule has 0 aliphatic carbocycles. The normalized spacial score (nSPS) is 12.4. The average Bonchev–Trinajstić information content (AvgIpc) is 3.35. The third kappa shape index (κ3) is 9.37. The largest absolute Gasteiger partial charge is 0.378 e. The Bertz CT molecular complexity index is 1210. The maximum absolute atomic E-state index is 12.2. The van der Waals surface area contributed by atoms with E-state index in [1.165, 1.54) is 11.3 Å². The van der Waals surface area contributed by atoms with E-state index in [2.05, 4.69) is 20.8 Å². The molecule has 13 heteroatoms. The van der Waals surface area contributed by atoms with E-state index in [4.69, 9.17) is 10.8 Å². The van der Waals surface area contributed by atoms with Gasteiger partial charge in [-0.2, -0.15) is 11.8 Å². The fraction of sp³-hybridized carbons (Fsp3) is 0.250. The molecular formula is C24H26N6O4S3. The molecule has 10 nitrogen and oxygen atoms in total. The second-order valence-corrected chi connectivity index (χ2v) is 11.0. The van der Waals surface area contributed by atoms with Crippen molar-refractivity contribution in [1.82, 2.24) is 15.5 Å². The number of aliphatic hydroxyl groups is 2. The maximum Gasteiger partial charge on any atom is 0.259 e. The highest BCUT2D eigenvalue weighted by atomic mass is 32.2. The maximum atomic E-state index is 12.2. The lowest BCUT2D eigenvalue weighted by molar-refractivity contribution is -0.128. The van der Waals surface area contributed by atoms with Crippen LogP contribution in [-0.4, -0.2) is 53.9 Å². The molecule has 37 heavy (non-hydrogen) atoms. The van der Waals surface area contributed by atoms with Crippen molar-refractivity contribution in [3.8, 4) is 0 Å². The highest BCUT2D eigenvalue weighted by Crippen LogP contribution is 2.21. The Morgan fingerprint density at radius 2 is 1.49 bits per heavy atom. The van der Waals surface area contributed by atoms with Gasteiger partial charge in [-0.05, 0) is 34.4 Å². The number of hydrogen-bond donors (Lipinski definition) is 6. The predicted molar refractivity (Wildman–Crippen MR) is 148 cm³/mol. The lowest BCUT2D eigenvalue weighted by Gasteiger charge is -2.12. The Labute approximate surface area is 226 Å². The van der Waals surface area contributed by atoms with Gasteiger partial charge in [0.2, 0.25) is 5.13 Å². The number of thioether (sulfide) groups is 2. The third-order valence-electron chi connectivity index (χ3n) is 4.82. The van der Waals surface area contributed by atoms with Crippen molar-refractivity contribution in [2.75, 3.05) is 16.8 Å². The molecule has 0 saturated carbocycles. The Morgan fingerprint density at radius 3 is 2.11 bits per heavy atom. The van der Waals surface area contributed by atoms with Gasteiger partial charge in [-0.25, -0.2) is 0 Å². The summed E-state index contributed by atoms with van der Waals surface area (Å²) in [7, 11) is 0. The SMILES string of the molecule is N=C(CCSCCc1nnc(NC(=O)C(O)c2ccccc2)s1)SC(=N)NC(=O)[C@H](O)c1ccccc1. The van der Waals surface area contributed by atoms with E-state index >= 15 is 0 Å². The van der Waals surface area contributed by atoms with Gasteiger partial charge >= 0.3 is 0 Å². The smallest absolute Gasteiger partial charge is 0.259 e. The van der Waals surface area contributed by atoms with Crippen LogP contribution in [0.15, 0.2) is 60.7 Å². The molecule has 2 atom stereocenters. The second kappa shape index (κ2) is 14.6. The van der Waals surface area contributed by atoms with Crippen molar-refractivity contribution in [3.63, 3.8) is 0 Å². The Morgan fingerprint density at radius 1 is 0.892 bits per heavy atom. The number of hydrogen-bond acceptors (Lipinski definition) is 11. The molecule has 0 aliphatic heterocycles. The van der Waals surface area contributed by atoms with E-state index in [0.717, 1.165) is 22.5 Å². The lowest BCUT2D eigenvalue weighted by atomic mass is 10.1. The van der Waals surface area contributed by atoms with E-state index in [-0.39, 0.29) is 10.2 Å². The zero-order valence-corrected chi connectivity index (χ0v) is 22.0. The number of aliphatic hydroxyl groups excluding tert-OH is 2. The summed E-state index contributed by atoms with van der Waals surface area (Å²) in [6, 6.07) is 17.1. The van der Waals surface area contributed by atoms with E-state index < -0.39 is 24.0 Å². The van der Waals surface area contributed by atoms with Gasteiger partial charge in [-0.3, -0.25) is 25.7 Å². The number of aromatic nitrogens is 2. The van der Waals surface area contributed by atoms with Crippen LogP contribution in [0.25, 0.3) is 0 Å². The molecule has 0 fully saturated rings. The van der Waals surface area contributed by atoms with Gasteiger partial charge in [0, 0.05) is 12.8 Å². The van der Waals surface area contributed by atoms with Crippen molar-refractivity contribution in [2.24, 2.45) is 0 Å². The number of anilines is 1. The van der Waals surface area contributed by atoms with Gasteiger partial charge in [0.1, 0.15) is 5.01 Å². The molecule has 1 aromatic heterocycles. The van der Waals surface area contributed by atoms with Crippen LogP contribution in [0.5, 0.6) is 0 Å².